The van der Waals surface area contributed by atoms with Crippen molar-refractivity contribution in [2.24, 2.45) is 5.92 Å². The molecule has 16 heavy (non-hydrogen) atoms. The van der Waals surface area contributed by atoms with Gasteiger partial charge in [0.25, 0.3) is 0 Å². The number of pyridine rings is 1. The number of methoxy groups -OCH3 is 1. The third kappa shape index (κ3) is 3.85. The lowest BCUT2D eigenvalue weighted by Gasteiger charge is -2.09. The molecule has 0 saturated heterocycles. The molecule has 1 atom stereocenters. The monoisotopic (exact) mass is 239 g/mol. The van der Waals surface area contributed by atoms with Gasteiger partial charge in [-0.3, -0.25) is 9.78 Å². The van der Waals surface area contributed by atoms with Crippen LogP contribution in [0, 0.1) is 12.8 Å². The van der Waals surface area contributed by atoms with Gasteiger partial charge in [-0.1, -0.05) is 13.0 Å². The molecule has 0 bridgehead atoms. The smallest absolute Gasteiger partial charge is 0.309 e. The molecule has 0 radical (unpaired) electrons. The zero-order chi connectivity index (χ0) is 12.0. The van der Waals surface area contributed by atoms with E-state index in [1.165, 1.54) is 12.7 Å². The predicted molar refractivity (Wildman–Crippen MR) is 66.3 cm³/mol. The number of esters is 1. The second-order valence-corrected chi connectivity index (χ2v) is 4.74. The molecule has 0 aliphatic heterocycles. The Morgan fingerprint density at radius 1 is 1.62 bits per heavy atom. The summed E-state index contributed by atoms with van der Waals surface area (Å²) in [6.45, 7) is 3.93. The molecule has 0 amide bonds. The number of carbonyl (C=O) groups is 1. The summed E-state index contributed by atoms with van der Waals surface area (Å²) in [5.41, 5.74) is 2.28. The quantitative estimate of drug-likeness (QED) is 0.740. The highest BCUT2D eigenvalue weighted by Crippen LogP contribution is 2.16. The lowest BCUT2D eigenvalue weighted by Crippen LogP contribution is -2.15. The average Bonchev–Trinajstić information content (AvgIpc) is 2.30. The molecule has 0 saturated carbocycles. The van der Waals surface area contributed by atoms with Gasteiger partial charge in [0, 0.05) is 17.7 Å². The van der Waals surface area contributed by atoms with Crippen molar-refractivity contribution < 1.29 is 9.53 Å². The number of thioether (sulfide) groups is 1. The van der Waals surface area contributed by atoms with E-state index in [0.717, 1.165) is 17.2 Å². The molecule has 1 heterocycles. The summed E-state index contributed by atoms with van der Waals surface area (Å²) in [5, 5.41) is 0. The lowest BCUT2D eigenvalue weighted by atomic mass is 10.2. The summed E-state index contributed by atoms with van der Waals surface area (Å²) in [7, 11) is 1.42. The molecule has 3 nitrogen and oxygen atoms in total. The minimum atomic E-state index is -0.148. The molecule has 0 aliphatic rings. The van der Waals surface area contributed by atoms with Crippen LogP contribution in [0.5, 0.6) is 0 Å². The fraction of sp³-hybridized carbons (Fsp3) is 0.500. The van der Waals surface area contributed by atoms with E-state index in [4.69, 9.17) is 0 Å². The summed E-state index contributed by atoms with van der Waals surface area (Å²) < 4.78 is 4.67. The van der Waals surface area contributed by atoms with Crippen LogP contribution in [0.15, 0.2) is 18.3 Å². The van der Waals surface area contributed by atoms with Crippen LogP contribution in [0.2, 0.25) is 0 Å². The third-order valence-electron chi connectivity index (χ3n) is 2.33. The van der Waals surface area contributed by atoms with Crippen LogP contribution in [0.3, 0.4) is 0 Å². The van der Waals surface area contributed by atoms with Gasteiger partial charge >= 0.3 is 5.97 Å². The largest absolute Gasteiger partial charge is 0.469 e. The highest BCUT2D eigenvalue weighted by Gasteiger charge is 2.12. The maximum atomic E-state index is 11.2. The molecule has 1 aromatic heterocycles. The van der Waals surface area contributed by atoms with E-state index in [0.29, 0.717) is 0 Å². The molecule has 0 aromatic carbocycles. The minimum absolute atomic E-state index is 0.0565. The number of carbonyl (C=O) groups excluding carboxylic acids is 1. The Morgan fingerprint density at radius 3 is 3.00 bits per heavy atom. The molecule has 88 valence electrons. The molecule has 4 heteroatoms. The Balaban J connectivity index is 2.36. The van der Waals surface area contributed by atoms with Crippen LogP contribution in [0.4, 0.5) is 0 Å². The van der Waals surface area contributed by atoms with Crippen molar-refractivity contribution in [3.05, 3.63) is 29.6 Å². The minimum Gasteiger partial charge on any atom is -0.469 e. The molecular weight excluding hydrogens is 222 g/mol. The topological polar surface area (TPSA) is 39.2 Å². The van der Waals surface area contributed by atoms with Crippen LogP contribution in [-0.2, 0) is 15.3 Å². The van der Waals surface area contributed by atoms with E-state index in [2.05, 4.69) is 9.72 Å². The van der Waals surface area contributed by atoms with E-state index in [1.807, 2.05) is 26.0 Å². The van der Waals surface area contributed by atoms with Crippen molar-refractivity contribution in [1.29, 1.82) is 0 Å². The van der Waals surface area contributed by atoms with E-state index in [9.17, 15) is 4.79 Å². The summed E-state index contributed by atoms with van der Waals surface area (Å²) in [6, 6.07) is 3.98. The van der Waals surface area contributed by atoms with Crippen LogP contribution >= 0.6 is 11.8 Å². The molecule has 0 spiro atoms. The summed E-state index contributed by atoms with van der Waals surface area (Å²) in [4.78, 5) is 15.5. The number of rotatable bonds is 5. The van der Waals surface area contributed by atoms with E-state index < -0.39 is 0 Å². The molecule has 1 aromatic rings. The number of hydrogen-bond donors (Lipinski definition) is 0. The van der Waals surface area contributed by atoms with Gasteiger partial charge in [0.1, 0.15) is 0 Å². The van der Waals surface area contributed by atoms with E-state index in [1.54, 1.807) is 18.0 Å². The molecule has 1 unspecified atom stereocenters. The average molecular weight is 239 g/mol. The van der Waals surface area contributed by atoms with Gasteiger partial charge in [-0.15, -0.1) is 0 Å². The van der Waals surface area contributed by atoms with Gasteiger partial charge in [-0.2, -0.15) is 11.8 Å². The van der Waals surface area contributed by atoms with Crippen LogP contribution < -0.4 is 0 Å². The Morgan fingerprint density at radius 2 is 2.38 bits per heavy atom. The standard InChI is InChI=1S/C12H17NO2S/c1-9-5-4-6-13-11(9)8-16-7-10(2)12(14)15-3/h4-6,10H,7-8H2,1-3H3. The fourth-order valence-electron chi connectivity index (χ4n) is 1.27. The van der Waals surface area contributed by atoms with Crippen molar-refractivity contribution in [3.63, 3.8) is 0 Å². The van der Waals surface area contributed by atoms with Crippen LogP contribution in [0.25, 0.3) is 0 Å². The Bertz CT molecular complexity index is 355. The Kier molecular flexibility index (Phi) is 5.32. The van der Waals surface area contributed by atoms with Crippen molar-refractivity contribution in [2.45, 2.75) is 19.6 Å². The zero-order valence-corrected chi connectivity index (χ0v) is 10.7. The maximum Gasteiger partial charge on any atom is 0.309 e. The first-order valence-electron chi connectivity index (χ1n) is 5.21. The lowest BCUT2D eigenvalue weighted by molar-refractivity contribution is -0.143. The van der Waals surface area contributed by atoms with Crippen molar-refractivity contribution in [2.75, 3.05) is 12.9 Å². The SMILES string of the molecule is COC(=O)C(C)CSCc1ncccc1C. The predicted octanol–water partition coefficient (Wildman–Crippen LogP) is 2.43. The highest BCUT2D eigenvalue weighted by molar-refractivity contribution is 7.98. The fourth-order valence-corrected chi connectivity index (χ4v) is 2.37. The second-order valence-electron chi connectivity index (χ2n) is 3.71. The number of nitrogens with zero attached hydrogens (tertiary/aromatic N) is 1. The van der Waals surface area contributed by atoms with Gasteiger partial charge in [0.05, 0.1) is 18.7 Å². The first-order chi connectivity index (χ1) is 7.65. The second kappa shape index (κ2) is 6.53. The number of hydrogen-bond acceptors (Lipinski definition) is 4. The summed E-state index contributed by atoms with van der Waals surface area (Å²) in [6.07, 6.45) is 1.80. The Hall–Kier alpha value is -1.03. The molecule has 0 aliphatic carbocycles. The third-order valence-corrected chi connectivity index (χ3v) is 3.54. The van der Waals surface area contributed by atoms with Crippen LogP contribution in [-0.4, -0.2) is 23.8 Å². The highest BCUT2D eigenvalue weighted by atomic mass is 32.2. The normalized spacial score (nSPS) is 12.2. The van der Waals surface area contributed by atoms with E-state index >= 15 is 0 Å². The molecule has 0 fully saturated rings. The van der Waals surface area contributed by atoms with Crippen LogP contribution in [0.1, 0.15) is 18.2 Å². The Labute approximate surface area is 101 Å². The summed E-state index contributed by atoms with van der Waals surface area (Å²) in [5.74, 6) is 1.40. The summed E-state index contributed by atoms with van der Waals surface area (Å²) >= 11 is 1.71. The van der Waals surface area contributed by atoms with Gasteiger partial charge in [0.15, 0.2) is 0 Å². The van der Waals surface area contributed by atoms with Gasteiger partial charge < -0.3 is 4.74 Å². The van der Waals surface area contributed by atoms with Crippen molar-refractivity contribution >= 4 is 17.7 Å². The van der Waals surface area contributed by atoms with Gasteiger partial charge in [-0.05, 0) is 18.6 Å². The van der Waals surface area contributed by atoms with Crippen molar-refractivity contribution in [1.82, 2.24) is 4.98 Å². The maximum absolute atomic E-state index is 11.2. The first-order valence-corrected chi connectivity index (χ1v) is 6.36. The molecule has 0 N–H and O–H groups in total. The number of aryl methyl sites for hydroxylation is 1. The zero-order valence-electron chi connectivity index (χ0n) is 9.90. The molecular formula is C12H17NO2S. The molecule has 1 rings (SSSR count). The number of ether oxygens (including phenoxy) is 1. The number of aromatic nitrogens is 1. The van der Waals surface area contributed by atoms with Crippen molar-refractivity contribution in [3.8, 4) is 0 Å². The van der Waals surface area contributed by atoms with Gasteiger partial charge in [-0.25, -0.2) is 0 Å². The van der Waals surface area contributed by atoms with E-state index in [-0.39, 0.29) is 11.9 Å². The first kappa shape index (κ1) is 13.0. The van der Waals surface area contributed by atoms with Gasteiger partial charge in [0.2, 0.25) is 0 Å².